The second-order valence-electron chi connectivity index (χ2n) is 6.64. The molecule has 140 valence electrons. The van der Waals surface area contributed by atoms with E-state index in [1.807, 2.05) is 6.92 Å². The monoisotopic (exact) mass is 370 g/mol. The van der Waals surface area contributed by atoms with Gasteiger partial charge in [-0.2, -0.15) is 0 Å². The fraction of sp³-hybridized carbons (Fsp3) is 0.250. The molecule has 2 aromatic rings. The molecule has 27 heavy (non-hydrogen) atoms. The molecule has 0 saturated heterocycles. The van der Waals surface area contributed by atoms with Gasteiger partial charge < -0.3 is 15.8 Å². The van der Waals surface area contributed by atoms with Gasteiger partial charge in [-0.1, -0.05) is 19.1 Å². The highest BCUT2D eigenvalue weighted by molar-refractivity contribution is 6.02. The molecule has 1 aliphatic rings. The summed E-state index contributed by atoms with van der Waals surface area (Å²) in [6.07, 6.45) is 0.800. The van der Waals surface area contributed by atoms with Gasteiger partial charge >= 0.3 is 5.97 Å². The van der Waals surface area contributed by atoms with Gasteiger partial charge in [-0.3, -0.25) is 9.59 Å². The number of amides is 2. The summed E-state index contributed by atoms with van der Waals surface area (Å²) in [5, 5.41) is 2.67. The molecule has 0 radical (unpaired) electrons. The van der Waals surface area contributed by atoms with Gasteiger partial charge in [-0.05, 0) is 48.2 Å². The molecule has 0 unspecified atom stereocenters. The van der Waals surface area contributed by atoms with Crippen LogP contribution in [0.5, 0.6) is 0 Å². The van der Waals surface area contributed by atoms with Crippen molar-refractivity contribution in [2.75, 3.05) is 5.32 Å². The van der Waals surface area contributed by atoms with Crippen molar-refractivity contribution in [1.29, 1.82) is 0 Å². The molecule has 3 rings (SSSR count). The van der Waals surface area contributed by atoms with Gasteiger partial charge in [0.05, 0.1) is 11.3 Å². The number of benzene rings is 2. The SMILES string of the molecule is C[C@H]1C[C@H]1C(=O)Nc1ccc(F)cc1C(=O)OCc1ccc(C(N)=O)cc1. The van der Waals surface area contributed by atoms with Gasteiger partial charge in [-0.25, -0.2) is 9.18 Å². The summed E-state index contributed by atoms with van der Waals surface area (Å²) in [5.41, 5.74) is 6.32. The molecule has 7 heteroatoms. The first kappa shape index (κ1) is 18.6. The third-order valence-corrected chi connectivity index (χ3v) is 4.51. The van der Waals surface area contributed by atoms with Crippen LogP contribution in [-0.4, -0.2) is 17.8 Å². The molecular weight excluding hydrogens is 351 g/mol. The van der Waals surface area contributed by atoms with Crippen LogP contribution in [0, 0.1) is 17.7 Å². The molecule has 0 bridgehead atoms. The highest BCUT2D eigenvalue weighted by atomic mass is 19.1. The molecule has 0 heterocycles. The Bertz CT molecular complexity index is 895. The summed E-state index contributed by atoms with van der Waals surface area (Å²) in [6.45, 7) is 1.90. The summed E-state index contributed by atoms with van der Waals surface area (Å²) in [4.78, 5) is 35.6. The molecule has 1 aliphatic carbocycles. The fourth-order valence-corrected chi connectivity index (χ4v) is 2.70. The minimum Gasteiger partial charge on any atom is -0.457 e. The third kappa shape index (κ3) is 4.49. The zero-order chi connectivity index (χ0) is 19.6. The van der Waals surface area contributed by atoms with Gasteiger partial charge in [0.15, 0.2) is 0 Å². The van der Waals surface area contributed by atoms with Crippen molar-refractivity contribution in [2.24, 2.45) is 17.6 Å². The zero-order valence-corrected chi connectivity index (χ0v) is 14.7. The number of nitrogens with one attached hydrogen (secondary N) is 1. The van der Waals surface area contributed by atoms with Crippen molar-refractivity contribution in [1.82, 2.24) is 0 Å². The highest BCUT2D eigenvalue weighted by Gasteiger charge is 2.39. The van der Waals surface area contributed by atoms with Crippen molar-refractivity contribution in [3.63, 3.8) is 0 Å². The molecule has 6 nitrogen and oxygen atoms in total. The van der Waals surface area contributed by atoms with Crippen molar-refractivity contribution in [3.8, 4) is 0 Å². The van der Waals surface area contributed by atoms with E-state index in [0.717, 1.165) is 12.5 Å². The van der Waals surface area contributed by atoms with Crippen LogP contribution in [-0.2, 0) is 16.1 Å². The van der Waals surface area contributed by atoms with Gasteiger partial charge in [0, 0.05) is 11.5 Å². The Labute approximate surface area is 155 Å². The predicted molar refractivity (Wildman–Crippen MR) is 96.4 cm³/mol. The second kappa shape index (κ2) is 7.57. The Morgan fingerprint density at radius 1 is 1.19 bits per heavy atom. The number of hydrogen-bond acceptors (Lipinski definition) is 4. The van der Waals surface area contributed by atoms with E-state index in [9.17, 15) is 18.8 Å². The summed E-state index contributed by atoms with van der Waals surface area (Å²) < 4.78 is 18.8. The average molecular weight is 370 g/mol. The summed E-state index contributed by atoms with van der Waals surface area (Å²) >= 11 is 0. The lowest BCUT2D eigenvalue weighted by molar-refractivity contribution is -0.117. The molecular formula is C20H19FN2O4. The van der Waals surface area contributed by atoms with Crippen molar-refractivity contribution in [3.05, 3.63) is 65.0 Å². The molecule has 2 aromatic carbocycles. The number of rotatable bonds is 6. The first-order valence-corrected chi connectivity index (χ1v) is 8.51. The van der Waals surface area contributed by atoms with Crippen LogP contribution >= 0.6 is 0 Å². The van der Waals surface area contributed by atoms with E-state index in [4.69, 9.17) is 10.5 Å². The maximum Gasteiger partial charge on any atom is 0.340 e. The largest absolute Gasteiger partial charge is 0.457 e. The highest BCUT2D eigenvalue weighted by Crippen LogP contribution is 2.38. The van der Waals surface area contributed by atoms with Crippen LogP contribution in [0.15, 0.2) is 42.5 Å². The van der Waals surface area contributed by atoms with Gasteiger partial charge in [0.25, 0.3) is 0 Å². The van der Waals surface area contributed by atoms with Crippen molar-refractivity contribution < 1.29 is 23.5 Å². The number of primary amides is 1. The van der Waals surface area contributed by atoms with Crippen LogP contribution < -0.4 is 11.1 Å². The second-order valence-corrected chi connectivity index (χ2v) is 6.64. The summed E-state index contributed by atoms with van der Waals surface area (Å²) in [6, 6.07) is 9.81. The molecule has 2 amide bonds. The Morgan fingerprint density at radius 2 is 1.85 bits per heavy atom. The maximum absolute atomic E-state index is 13.6. The molecule has 0 aromatic heterocycles. The number of esters is 1. The van der Waals surface area contributed by atoms with Gasteiger partial charge in [0.1, 0.15) is 12.4 Å². The minimum atomic E-state index is -0.757. The number of anilines is 1. The first-order chi connectivity index (χ1) is 12.8. The normalized spacial score (nSPS) is 17.9. The number of carbonyl (C=O) groups is 3. The Kier molecular flexibility index (Phi) is 5.21. The van der Waals surface area contributed by atoms with E-state index in [2.05, 4.69) is 5.32 Å². The zero-order valence-electron chi connectivity index (χ0n) is 14.7. The topological polar surface area (TPSA) is 98.5 Å². The molecule has 0 spiro atoms. The lowest BCUT2D eigenvalue weighted by Gasteiger charge is -2.11. The van der Waals surface area contributed by atoms with E-state index in [-0.39, 0.29) is 29.7 Å². The van der Waals surface area contributed by atoms with Crippen molar-refractivity contribution in [2.45, 2.75) is 20.0 Å². The number of hydrogen-bond donors (Lipinski definition) is 2. The van der Waals surface area contributed by atoms with Gasteiger partial charge in [0.2, 0.25) is 11.8 Å². The standard InChI is InChI=1S/C20H19FN2O4/c1-11-8-15(11)19(25)23-17-7-6-14(21)9-16(17)20(26)27-10-12-2-4-13(5-3-12)18(22)24/h2-7,9,11,15H,8,10H2,1H3,(H2,22,24)(H,23,25)/t11-,15+/m0/s1. The summed E-state index contributed by atoms with van der Waals surface area (Å²) in [5.74, 6) is -1.88. The Balaban J connectivity index is 1.69. The lowest BCUT2D eigenvalue weighted by atomic mass is 10.1. The first-order valence-electron chi connectivity index (χ1n) is 8.51. The van der Waals surface area contributed by atoms with Crippen LogP contribution in [0.3, 0.4) is 0 Å². The Hall–Kier alpha value is -3.22. The maximum atomic E-state index is 13.6. The van der Waals surface area contributed by atoms with E-state index in [0.29, 0.717) is 17.0 Å². The molecule has 0 aliphatic heterocycles. The van der Waals surface area contributed by atoms with Crippen LogP contribution in [0.25, 0.3) is 0 Å². The van der Waals surface area contributed by atoms with E-state index in [1.54, 1.807) is 12.1 Å². The quantitative estimate of drug-likeness (QED) is 0.764. The predicted octanol–water partition coefficient (Wildman–Crippen LogP) is 2.88. The minimum absolute atomic E-state index is 0.0505. The number of ether oxygens (including phenoxy) is 1. The van der Waals surface area contributed by atoms with Crippen LogP contribution in [0.1, 0.15) is 39.6 Å². The van der Waals surface area contributed by atoms with Gasteiger partial charge in [-0.15, -0.1) is 0 Å². The lowest BCUT2D eigenvalue weighted by Crippen LogP contribution is -2.18. The van der Waals surface area contributed by atoms with E-state index >= 15 is 0 Å². The molecule has 1 fully saturated rings. The van der Waals surface area contributed by atoms with Crippen LogP contribution in [0.4, 0.5) is 10.1 Å². The van der Waals surface area contributed by atoms with E-state index < -0.39 is 17.7 Å². The number of halogens is 1. The molecule has 3 N–H and O–H groups in total. The molecule has 1 saturated carbocycles. The van der Waals surface area contributed by atoms with Crippen molar-refractivity contribution >= 4 is 23.5 Å². The summed E-state index contributed by atoms with van der Waals surface area (Å²) in [7, 11) is 0. The number of carbonyl (C=O) groups excluding carboxylic acids is 3. The van der Waals surface area contributed by atoms with E-state index in [1.165, 1.54) is 24.3 Å². The molecule has 2 atom stereocenters. The number of nitrogens with two attached hydrogens (primary N) is 1. The van der Waals surface area contributed by atoms with Crippen LogP contribution in [0.2, 0.25) is 0 Å². The smallest absolute Gasteiger partial charge is 0.340 e. The Morgan fingerprint density at radius 3 is 2.44 bits per heavy atom. The third-order valence-electron chi connectivity index (χ3n) is 4.51. The average Bonchev–Trinajstić information content (AvgIpc) is 3.38. The fourth-order valence-electron chi connectivity index (χ4n) is 2.70.